The smallest absolute Gasteiger partial charge is 0.267 e. The van der Waals surface area contributed by atoms with Crippen molar-refractivity contribution in [1.82, 2.24) is 9.78 Å². The molecule has 0 aliphatic carbocycles. The second-order valence-corrected chi connectivity index (χ2v) is 8.61. The lowest BCUT2D eigenvalue weighted by Gasteiger charge is -2.09. The Labute approximate surface area is 172 Å². The third-order valence-corrected chi connectivity index (χ3v) is 5.93. The van der Waals surface area contributed by atoms with Gasteiger partial charge in [-0.2, -0.15) is 5.10 Å². The van der Waals surface area contributed by atoms with Crippen LogP contribution < -0.4 is 10.9 Å². The summed E-state index contributed by atoms with van der Waals surface area (Å²) in [4.78, 5) is 24.0. The van der Waals surface area contributed by atoms with E-state index in [0.29, 0.717) is 9.15 Å². The maximum atomic E-state index is 13.6. The normalized spacial score (nSPS) is 11.3. The third-order valence-electron chi connectivity index (χ3n) is 3.74. The molecular formula is C18H12BrF2N3O4S. The number of halogens is 3. The van der Waals surface area contributed by atoms with Crippen LogP contribution in [0.1, 0.15) is 0 Å². The van der Waals surface area contributed by atoms with E-state index in [1.54, 1.807) is 0 Å². The molecule has 0 aliphatic rings. The van der Waals surface area contributed by atoms with Crippen LogP contribution in [0.15, 0.2) is 73.8 Å². The number of hydrogen-bond donors (Lipinski definition) is 1. The molecule has 0 atom stereocenters. The summed E-state index contributed by atoms with van der Waals surface area (Å²) in [6.45, 7) is -0.696. The number of amides is 1. The zero-order valence-corrected chi connectivity index (χ0v) is 16.9. The second-order valence-electron chi connectivity index (χ2n) is 5.80. The van der Waals surface area contributed by atoms with Gasteiger partial charge < -0.3 is 5.32 Å². The third kappa shape index (κ3) is 4.74. The van der Waals surface area contributed by atoms with E-state index in [0.717, 1.165) is 30.3 Å². The minimum absolute atomic E-state index is 0.0512. The molecule has 0 radical (unpaired) electrons. The van der Waals surface area contributed by atoms with Gasteiger partial charge in [-0.05, 0) is 42.5 Å². The fraction of sp³-hybridized carbons (Fsp3) is 0.0556. The Bertz CT molecular complexity index is 1240. The molecular weight excluding hydrogens is 472 g/mol. The summed E-state index contributed by atoms with van der Waals surface area (Å²) in [5.74, 6) is -2.52. The van der Waals surface area contributed by atoms with Crippen molar-refractivity contribution in [2.24, 2.45) is 0 Å². The lowest BCUT2D eigenvalue weighted by Crippen LogP contribution is -2.30. The molecule has 150 valence electrons. The van der Waals surface area contributed by atoms with Gasteiger partial charge in [0.05, 0.1) is 10.6 Å². The fourth-order valence-electron chi connectivity index (χ4n) is 2.34. The first-order chi connectivity index (χ1) is 13.7. The molecule has 0 saturated carbocycles. The van der Waals surface area contributed by atoms with E-state index in [1.165, 1.54) is 24.3 Å². The molecule has 3 rings (SSSR count). The van der Waals surface area contributed by atoms with Crippen LogP contribution >= 0.6 is 15.9 Å². The molecule has 1 aromatic heterocycles. The van der Waals surface area contributed by atoms with E-state index >= 15 is 0 Å². The van der Waals surface area contributed by atoms with Crippen molar-refractivity contribution < 1.29 is 22.0 Å². The van der Waals surface area contributed by atoms with Crippen molar-refractivity contribution in [3.8, 4) is 0 Å². The largest absolute Gasteiger partial charge is 0.322 e. The van der Waals surface area contributed by atoms with Crippen LogP contribution in [0.2, 0.25) is 0 Å². The number of benzene rings is 2. The Hall–Kier alpha value is -2.92. The highest BCUT2D eigenvalue weighted by molar-refractivity contribution is 9.10. The molecule has 0 bridgehead atoms. The van der Waals surface area contributed by atoms with Crippen LogP contribution in [0.3, 0.4) is 0 Å². The molecule has 0 spiro atoms. The Morgan fingerprint density at radius 1 is 1.07 bits per heavy atom. The van der Waals surface area contributed by atoms with E-state index in [9.17, 15) is 26.8 Å². The number of anilines is 1. The van der Waals surface area contributed by atoms with E-state index in [-0.39, 0.29) is 4.90 Å². The van der Waals surface area contributed by atoms with Crippen LogP contribution in [0, 0.1) is 11.6 Å². The molecule has 0 aliphatic heterocycles. The number of nitrogens with one attached hydrogen (secondary N) is 1. The van der Waals surface area contributed by atoms with Crippen molar-refractivity contribution in [3.05, 3.63) is 81.1 Å². The topological polar surface area (TPSA) is 98.1 Å². The van der Waals surface area contributed by atoms with Crippen LogP contribution in [0.4, 0.5) is 14.5 Å². The first-order valence-corrected chi connectivity index (χ1v) is 10.3. The van der Waals surface area contributed by atoms with Crippen LogP contribution in [0.25, 0.3) is 0 Å². The summed E-state index contributed by atoms with van der Waals surface area (Å²) in [6, 6.07) is 10.3. The summed E-state index contributed by atoms with van der Waals surface area (Å²) in [6.07, 6.45) is 0. The van der Waals surface area contributed by atoms with E-state index < -0.39 is 50.2 Å². The van der Waals surface area contributed by atoms with Crippen molar-refractivity contribution in [2.75, 3.05) is 5.32 Å². The zero-order valence-electron chi connectivity index (χ0n) is 14.5. The molecule has 7 nitrogen and oxygen atoms in total. The lowest BCUT2D eigenvalue weighted by atomic mass is 10.3. The van der Waals surface area contributed by atoms with Gasteiger partial charge in [0.25, 0.3) is 5.56 Å². The van der Waals surface area contributed by atoms with Crippen LogP contribution in [0.5, 0.6) is 0 Å². The second kappa shape index (κ2) is 8.21. The lowest BCUT2D eigenvalue weighted by molar-refractivity contribution is -0.117. The summed E-state index contributed by atoms with van der Waals surface area (Å²) < 4.78 is 53.5. The van der Waals surface area contributed by atoms with E-state index in [4.69, 9.17) is 0 Å². The fourth-order valence-corrected chi connectivity index (χ4v) is 3.79. The van der Waals surface area contributed by atoms with Gasteiger partial charge in [-0.25, -0.2) is 21.9 Å². The Kier molecular flexibility index (Phi) is 5.89. The van der Waals surface area contributed by atoms with E-state index in [1.807, 2.05) is 0 Å². The van der Waals surface area contributed by atoms with Crippen molar-refractivity contribution in [1.29, 1.82) is 0 Å². The first kappa shape index (κ1) is 20.8. The molecule has 3 aromatic rings. The number of aromatic nitrogens is 2. The Morgan fingerprint density at radius 2 is 1.76 bits per heavy atom. The molecule has 1 amide bonds. The van der Waals surface area contributed by atoms with Gasteiger partial charge >= 0.3 is 0 Å². The number of rotatable bonds is 5. The Morgan fingerprint density at radius 3 is 2.45 bits per heavy atom. The number of sulfone groups is 1. The molecule has 0 fully saturated rings. The zero-order chi connectivity index (χ0) is 21.2. The maximum Gasteiger partial charge on any atom is 0.267 e. The van der Waals surface area contributed by atoms with Crippen molar-refractivity contribution in [2.45, 2.75) is 16.5 Å². The highest BCUT2D eigenvalue weighted by atomic mass is 79.9. The molecule has 1 heterocycles. The van der Waals surface area contributed by atoms with Crippen molar-refractivity contribution >= 4 is 37.4 Å². The Balaban J connectivity index is 1.87. The summed E-state index contributed by atoms with van der Waals surface area (Å²) in [5.41, 5.74) is -1.16. The number of hydrogen-bond acceptors (Lipinski definition) is 5. The summed E-state index contributed by atoms with van der Waals surface area (Å²) in [7, 11) is -4.03. The monoisotopic (exact) mass is 483 g/mol. The van der Waals surface area contributed by atoms with Crippen LogP contribution in [-0.4, -0.2) is 24.1 Å². The summed E-state index contributed by atoms with van der Waals surface area (Å²) >= 11 is 3.20. The van der Waals surface area contributed by atoms with Gasteiger partial charge in [-0.3, -0.25) is 9.59 Å². The predicted octanol–water partition coefficient (Wildman–Crippen LogP) is 2.76. The molecule has 0 unspecified atom stereocenters. The number of carbonyl (C=O) groups is 1. The van der Waals surface area contributed by atoms with Gasteiger partial charge in [-0.1, -0.05) is 15.9 Å². The van der Waals surface area contributed by atoms with Gasteiger partial charge in [0.1, 0.15) is 18.2 Å². The predicted molar refractivity (Wildman–Crippen MR) is 103 cm³/mol. The highest BCUT2D eigenvalue weighted by Crippen LogP contribution is 2.20. The molecule has 0 saturated heterocycles. The van der Waals surface area contributed by atoms with Gasteiger partial charge in [0, 0.05) is 16.6 Å². The molecule has 1 N–H and O–H groups in total. The average molecular weight is 484 g/mol. The maximum absolute atomic E-state index is 13.6. The minimum Gasteiger partial charge on any atom is -0.322 e. The summed E-state index contributed by atoms with van der Waals surface area (Å²) in [5, 5.41) is 5.41. The van der Waals surface area contributed by atoms with Crippen LogP contribution in [-0.2, 0) is 21.2 Å². The quantitative estimate of drug-likeness (QED) is 0.601. The molecule has 11 heteroatoms. The van der Waals surface area contributed by atoms with Crippen molar-refractivity contribution in [3.63, 3.8) is 0 Å². The number of nitrogens with zero attached hydrogens (tertiary/aromatic N) is 2. The minimum atomic E-state index is -4.03. The molecule has 2 aromatic carbocycles. The average Bonchev–Trinajstić information content (AvgIpc) is 2.66. The first-order valence-electron chi connectivity index (χ1n) is 8.00. The van der Waals surface area contributed by atoms with Gasteiger partial charge in [-0.15, -0.1) is 0 Å². The van der Waals surface area contributed by atoms with Gasteiger partial charge in [0.2, 0.25) is 15.7 Å². The van der Waals surface area contributed by atoms with Gasteiger partial charge in [0.15, 0.2) is 5.03 Å². The highest BCUT2D eigenvalue weighted by Gasteiger charge is 2.21. The van der Waals surface area contributed by atoms with E-state index in [2.05, 4.69) is 26.3 Å². The number of carbonyl (C=O) groups excluding carboxylic acids is 1. The molecule has 29 heavy (non-hydrogen) atoms. The SMILES string of the molecule is O=C(Cn1nc(S(=O)(=O)c2ccc(Br)cc2)ccc1=O)Nc1cc(F)ccc1F. The standard InChI is InChI=1S/C18H12BrF2N3O4S/c19-11-1-4-13(5-2-11)29(27,28)17-7-8-18(26)24(23-17)10-16(25)22-15-9-12(20)3-6-14(15)21/h1-9H,10H2,(H,22,25).